The summed E-state index contributed by atoms with van der Waals surface area (Å²) in [7, 11) is 3.82. The van der Waals surface area contributed by atoms with Crippen LogP contribution in [0.3, 0.4) is 0 Å². The highest BCUT2D eigenvalue weighted by Crippen LogP contribution is 2.34. The SMILES string of the molecule is Cn1nccc1[C@@H]1OCC[C@H]1CNc1nc2c(F)cccc2n1C. The summed E-state index contributed by atoms with van der Waals surface area (Å²) in [5.74, 6) is 0.698. The van der Waals surface area contributed by atoms with Crippen molar-refractivity contribution in [2.75, 3.05) is 18.5 Å². The van der Waals surface area contributed by atoms with Gasteiger partial charge in [0.1, 0.15) is 11.6 Å². The first kappa shape index (κ1) is 15.1. The summed E-state index contributed by atoms with van der Waals surface area (Å²) in [5, 5.41) is 7.58. The average Bonchev–Trinajstić information content (AvgIpc) is 3.26. The van der Waals surface area contributed by atoms with Crippen molar-refractivity contribution in [3.63, 3.8) is 0 Å². The van der Waals surface area contributed by atoms with Crippen LogP contribution in [0, 0.1) is 11.7 Å². The number of para-hydroxylation sites is 1. The Kier molecular flexibility index (Phi) is 3.72. The quantitative estimate of drug-likeness (QED) is 0.799. The molecule has 1 N–H and O–H groups in total. The van der Waals surface area contributed by atoms with Gasteiger partial charge in [-0.15, -0.1) is 0 Å². The summed E-state index contributed by atoms with van der Waals surface area (Å²) in [4.78, 5) is 4.40. The molecule has 0 radical (unpaired) electrons. The first-order valence-electron chi connectivity index (χ1n) is 8.09. The predicted molar refractivity (Wildman–Crippen MR) is 89.2 cm³/mol. The number of rotatable bonds is 4. The molecule has 1 aliphatic rings. The maximum absolute atomic E-state index is 13.9. The second-order valence-corrected chi connectivity index (χ2v) is 6.20. The third-order valence-electron chi connectivity index (χ3n) is 4.75. The fourth-order valence-electron chi connectivity index (χ4n) is 3.39. The molecule has 0 spiro atoms. The molecule has 0 saturated carbocycles. The minimum Gasteiger partial charge on any atom is -0.372 e. The van der Waals surface area contributed by atoms with E-state index in [1.165, 1.54) is 6.07 Å². The number of nitrogens with one attached hydrogen (secondary N) is 1. The maximum atomic E-state index is 13.9. The van der Waals surface area contributed by atoms with Gasteiger partial charge in [0.25, 0.3) is 0 Å². The van der Waals surface area contributed by atoms with Gasteiger partial charge in [0.15, 0.2) is 5.82 Å². The molecule has 4 rings (SSSR count). The molecule has 2 aromatic heterocycles. The Morgan fingerprint density at radius 1 is 1.33 bits per heavy atom. The van der Waals surface area contributed by atoms with E-state index in [2.05, 4.69) is 15.4 Å². The van der Waals surface area contributed by atoms with Crippen molar-refractivity contribution in [2.45, 2.75) is 12.5 Å². The number of aryl methyl sites for hydroxylation is 2. The van der Waals surface area contributed by atoms with E-state index < -0.39 is 0 Å². The van der Waals surface area contributed by atoms with Gasteiger partial charge in [0.05, 0.1) is 11.2 Å². The van der Waals surface area contributed by atoms with Crippen molar-refractivity contribution < 1.29 is 9.13 Å². The summed E-state index contributed by atoms with van der Waals surface area (Å²) in [6.45, 7) is 1.45. The van der Waals surface area contributed by atoms with Crippen molar-refractivity contribution in [3.05, 3.63) is 42.0 Å². The molecule has 24 heavy (non-hydrogen) atoms. The van der Waals surface area contributed by atoms with Gasteiger partial charge in [0, 0.05) is 39.4 Å². The van der Waals surface area contributed by atoms with Crippen LogP contribution in [-0.2, 0) is 18.8 Å². The summed E-state index contributed by atoms with van der Waals surface area (Å²) < 4.78 is 23.5. The van der Waals surface area contributed by atoms with Gasteiger partial charge in [-0.25, -0.2) is 9.37 Å². The minimum atomic E-state index is -0.298. The Labute approximate surface area is 139 Å². The summed E-state index contributed by atoms with van der Waals surface area (Å²) in [6.07, 6.45) is 2.79. The molecule has 1 aromatic carbocycles. The molecule has 7 heteroatoms. The molecule has 0 bridgehead atoms. The second-order valence-electron chi connectivity index (χ2n) is 6.20. The Bertz CT molecular complexity index is 871. The Balaban J connectivity index is 1.53. The van der Waals surface area contributed by atoms with Crippen LogP contribution in [0.5, 0.6) is 0 Å². The van der Waals surface area contributed by atoms with Crippen molar-refractivity contribution in [1.82, 2.24) is 19.3 Å². The van der Waals surface area contributed by atoms with E-state index in [0.717, 1.165) is 24.2 Å². The Morgan fingerprint density at radius 2 is 2.21 bits per heavy atom. The number of anilines is 1. The number of hydrogen-bond acceptors (Lipinski definition) is 4. The van der Waals surface area contributed by atoms with Crippen LogP contribution in [-0.4, -0.2) is 32.5 Å². The fourth-order valence-corrected chi connectivity index (χ4v) is 3.39. The molecular weight excluding hydrogens is 309 g/mol. The van der Waals surface area contributed by atoms with Crippen LogP contribution in [0.4, 0.5) is 10.3 Å². The van der Waals surface area contributed by atoms with Crippen molar-refractivity contribution in [1.29, 1.82) is 0 Å². The lowest BCUT2D eigenvalue weighted by atomic mass is 9.99. The van der Waals surface area contributed by atoms with Gasteiger partial charge in [-0.05, 0) is 24.6 Å². The number of hydrogen-bond donors (Lipinski definition) is 1. The molecule has 1 saturated heterocycles. The van der Waals surface area contributed by atoms with Crippen LogP contribution in [0.1, 0.15) is 18.2 Å². The number of halogens is 1. The molecule has 2 atom stereocenters. The van der Waals surface area contributed by atoms with Gasteiger partial charge in [0.2, 0.25) is 5.95 Å². The van der Waals surface area contributed by atoms with Crippen molar-refractivity contribution in [3.8, 4) is 0 Å². The number of fused-ring (bicyclic) bond motifs is 1. The number of benzene rings is 1. The van der Waals surface area contributed by atoms with E-state index in [0.29, 0.717) is 23.9 Å². The predicted octanol–water partition coefficient (Wildman–Crippen LogP) is 2.64. The average molecular weight is 329 g/mol. The molecule has 126 valence electrons. The fraction of sp³-hybridized carbons (Fsp3) is 0.412. The summed E-state index contributed by atoms with van der Waals surface area (Å²) in [5.41, 5.74) is 2.26. The third-order valence-corrected chi connectivity index (χ3v) is 4.75. The Hall–Kier alpha value is -2.41. The lowest BCUT2D eigenvalue weighted by Crippen LogP contribution is -2.21. The first-order valence-corrected chi connectivity index (χ1v) is 8.09. The molecule has 3 heterocycles. The van der Waals surface area contributed by atoms with E-state index in [9.17, 15) is 4.39 Å². The molecule has 0 unspecified atom stereocenters. The van der Waals surface area contributed by atoms with Gasteiger partial charge in [-0.3, -0.25) is 4.68 Å². The van der Waals surface area contributed by atoms with E-state index in [4.69, 9.17) is 4.74 Å². The monoisotopic (exact) mass is 329 g/mol. The van der Waals surface area contributed by atoms with Gasteiger partial charge >= 0.3 is 0 Å². The topological polar surface area (TPSA) is 56.9 Å². The number of nitrogens with zero attached hydrogens (tertiary/aromatic N) is 4. The van der Waals surface area contributed by atoms with Gasteiger partial charge < -0.3 is 14.6 Å². The van der Waals surface area contributed by atoms with Crippen LogP contribution >= 0.6 is 0 Å². The zero-order chi connectivity index (χ0) is 16.7. The molecule has 1 aliphatic heterocycles. The number of imidazole rings is 1. The molecule has 3 aromatic rings. The normalized spacial score (nSPS) is 20.8. The number of ether oxygens (including phenoxy) is 1. The highest BCUT2D eigenvalue weighted by molar-refractivity contribution is 5.79. The third kappa shape index (κ3) is 2.45. The van der Waals surface area contributed by atoms with E-state index in [1.807, 2.05) is 35.5 Å². The van der Waals surface area contributed by atoms with Crippen LogP contribution in [0.2, 0.25) is 0 Å². The molecule has 0 aliphatic carbocycles. The zero-order valence-corrected chi connectivity index (χ0v) is 13.7. The lowest BCUT2D eigenvalue weighted by Gasteiger charge is -2.19. The van der Waals surface area contributed by atoms with E-state index >= 15 is 0 Å². The zero-order valence-electron chi connectivity index (χ0n) is 13.7. The first-order chi connectivity index (χ1) is 11.6. The van der Waals surface area contributed by atoms with Crippen LogP contribution in [0.15, 0.2) is 30.5 Å². The van der Waals surface area contributed by atoms with Crippen LogP contribution < -0.4 is 5.32 Å². The molecule has 0 amide bonds. The smallest absolute Gasteiger partial charge is 0.203 e. The van der Waals surface area contributed by atoms with Crippen LogP contribution in [0.25, 0.3) is 11.0 Å². The van der Waals surface area contributed by atoms with E-state index in [1.54, 1.807) is 12.3 Å². The molecule has 6 nitrogen and oxygen atoms in total. The van der Waals surface area contributed by atoms with E-state index in [-0.39, 0.29) is 11.9 Å². The lowest BCUT2D eigenvalue weighted by molar-refractivity contribution is 0.0866. The van der Waals surface area contributed by atoms with Crippen molar-refractivity contribution >= 4 is 17.0 Å². The van der Waals surface area contributed by atoms with Gasteiger partial charge in [-0.1, -0.05) is 6.07 Å². The second kappa shape index (κ2) is 5.90. The Morgan fingerprint density at radius 3 is 2.96 bits per heavy atom. The number of aromatic nitrogens is 4. The largest absolute Gasteiger partial charge is 0.372 e. The summed E-state index contributed by atoms with van der Waals surface area (Å²) in [6, 6.07) is 7.00. The maximum Gasteiger partial charge on any atom is 0.203 e. The van der Waals surface area contributed by atoms with Gasteiger partial charge in [-0.2, -0.15) is 5.10 Å². The standard InChI is InChI=1S/C17H20FN5O/c1-22-13-5-3-4-12(18)15(13)21-17(22)19-10-11-7-9-24-16(11)14-6-8-20-23(14)2/h3-6,8,11,16H,7,9-10H2,1-2H3,(H,19,21)/t11-,16+/m0/s1. The highest BCUT2D eigenvalue weighted by atomic mass is 19.1. The molecule has 1 fully saturated rings. The minimum absolute atomic E-state index is 0.0245. The highest BCUT2D eigenvalue weighted by Gasteiger charge is 2.31. The summed E-state index contributed by atoms with van der Waals surface area (Å²) >= 11 is 0. The molecular formula is C17H20FN5O. The van der Waals surface area contributed by atoms with Crippen molar-refractivity contribution in [2.24, 2.45) is 20.0 Å².